The Morgan fingerprint density at radius 2 is 2.06 bits per heavy atom. The Bertz CT molecular complexity index is 613. The van der Waals surface area contributed by atoms with E-state index in [0.29, 0.717) is 0 Å². The summed E-state index contributed by atoms with van der Waals surface area (Å²) in [5, 5.41) is 0. The van der Waals surface area contributed by atoms with Crippen LogP contribution in [0.15, 0.2) is 30.7 Å². The Labute approximate surface area is 101 Å². The molecule has 0 saturated carbocycles. The first-order valence-corrected chi connectivity index (χ1v) is 5.83. The van der Waals surface area contributed by atoms with E-state index in [-0.39, 0.29) is 5.54 Å². The molecule has 17 heavy (non-hydrogen) atoms. The SMILES string of the molecule is CC1=[N+](c2cccn2C)c2nccn2C1(C)C. The summed E-state index contributed by atoms with van der Waals surface area (Å²) in [6, 6.07) is 4.17. The van der Waals surface area contributed by atoms with Crippen molar-refractivity contribution in [2.24, 2.45) is 7.05 Å². The molecule has 1 aliphatic rings. The lowest BCUT2D eigenvalue weighted by atomic mass is 10.0. The Balaban J connectivity index is 2.31. The van der Waals surface area contributed by atoms with Gasteiger partial charge in [-0.05, 0) is 26.8 Å². The summed E-state index contributed by atoms with van der Waals surface area (Å²) < 4.78 is 6.55. The number of rotatable bonds is 1. The molecule has 0 spiro atoms. The third-order valence-electron chi connectivity index (χ3n) is 3.79. The molecule has 0 aromatic carbocycles. The molecule has 4 heteroatoms. The van der Waals surface area contributed by atoms with E-state index in [1.165, 1.54) is 5.71 Å². The zero-order valence-corrected chi connectivity index (χ0v) is 10.7. The third-order valence-corrected chi connectivity index (χ3v) is 3.79. The van der Waals surface area contributed by atoms with Crippen LogP contribution in [0.2, 0.25) is 0 Å². The van der Waals surface area contributed by atoms with Gasteiger partial charge in [0.05, 0.1) is 11.9 Å². The van der Waals surface area contributed by atoms with E-state index in [1.807, 2.05) is 12.4 Å². The number of imidazole rings is 1. The van der Waals surface area contributed by atoms with E-state index in [1.54, 1.807) is 0 Å². The summed E-state index contributed by atoms with van der Waals surface area (Å²) in [5.41, 5.74) is 1.28. The maximum Gasteiger partial charge on any atom is 0.359 e. The van der Waals surface area contributed by atoms with Gasteiger partial charge >= 0.3 is 5.95 Å². The quantitative estimate of drug-likeness (QED) is 0.689. The fourth-order valence-corrected chi connectivity index (χ4v) is 2.45. The van der Waals surface area contributed by atoms with Crippen LogP contribution < -0.4 is 4.58 Å². The van der Waals surface area contributed by atoms with E-state index in [2.05, 4.69) is 64.8 Å². The Kier molecular flexibility index (Phi) is 1.88. The second kappa shape index (κ2) is 3.09. The summed E-state index contributed by atoms with van der Waals surface area (Å²) >= 11 is 0. The van der Waals surface area contributed by atoms with E-state index >= 15 is 0 Å². The molecule has 2 aromatic rings. The highest BCUT2D eigenvalue weighted by molar-refractivity contribution is 5.96. The third kappa shape index (κ3) is 1.18. The highest BCUT2D eigenvalue weighted by Gasteiger charge is 2.42. The monoisotopic (exact) mass is 229 g/mol. The first-order chi connectivity index (χ1) is 8.03. The van der Waals surface area contributed by atoms with Gasteiger partial charge in [-0.3, -0.25) is 4.57 Å². The lowest BCUT2D eigenvalue weighted by Gasteiger charge is -2.17. The fraction of sp³-hybridized carbons (Fsp3) is 0.385. The van der Waals surface area contributed by atoms with Gasteiger partial charge in [-0.25, -0.2) is 4.57 Å². The van der Waals surface area contributed by atoms with Crippen LogP contribution in [0.5, 0.6) is 0 Å². The highest BCUT2D eigenvalue weighted by Crippen LogP contribution is 2.33. The minimum Gasteiger partial charge on any atom is -0.286 e. The van der Waals surface area contributed by atoms with Crippen molar-refractivity contribution >= 4 is 17.5 Å². The van der Waals surface area contributed by atoms with Crippen LogP contribution >= 0.6 is 0 Å². The Morgan fingerprint density at radius 3 is 2.71 bits per heavy atom. The predicted molar refractivity (Wildman–Crippen MR) is 69.1 cm³/mol. The molecule has 0 saturated heterocycles. The molecular formula is C13H17N4+. The lowest BCUT2D eigenvalue weighted by molar-refractivity contribution is 0.513. The van der Waals surface area contributed by atoms with Crippen molar-refractivity contribution in [1.82, 2.24) is 18.7 Å². The smallest absolute Gasteiger partial charge is 0.286 e. The van der Waals surface area contributed by atoms with Crippen molar-refractivity contribution in [3.63, 3.8) is 0 Å². The fourth-order valence-electron chi connectivity index (χ4n) is 2.45. The number of hydrogen-bond acceptors (Lipinski definition) is 1. The van der Waals surface area contributed by atoms with Crippen molar-refractivity contribution in [1.29, 1.82) is 0 Å². The van der Waals surface area contributed by atoms with Crippen LogP contribution in [0.25, 0.3) is 0 Å². The molecule has 0 atom stereocenters. The molecule has 3 heterocycles. The lowest BCUT2D eigenvalue weighted by Crippen LogP contribution is -2.31. The largest absolute Gasteiger partial charge is 0.359 e. The number of nitrogens with zero attached hydrogens (tertiary/aromatic N) is 4. The maximum atomic E-state index is 4.48. The highest BCUT2D eigenvalue weighted by atomic mass is 15.4. The van der Waals surface area contributed by atoms with Gasteiger partial charge in [0.1, 0.15) is 11.7 Å². The van der Waals surface area contributed by atoms with Crippen LogP contribution in [0, 0.1) is 0 Å². The van der Waals surface area contributed by atoms with Gasteiger partial charge in [-0.2, -0.15) is 4.58 Å². The summed E-state index contributed by atoms with van der Waals surface area (Å²) in [6.45, 7) is 6.61. The summed E-state index contributed by atoms with van der Waals surface area (Å²) in [4.78, 5) is 4.48. The van der Waals surface area contributed by atoms with Crippen LogP contribution in [0.1, 0.15) is 20.8 Å². The van der Waals surface area contributed by atoms with Crippen molar-refractivity contribution in [2.45, 2.75) is 26.3 Å². The average molecular weight is 229 g/mol. The first kappa shape index (κ1) is 10.3. The van der Waals surface area contributed by atoms with Crippen molar-refractivity contribution < 1.29 is 0 Å². The zero-order chi connectivity index (χ0) is 12.2. The number of hydrogen-bond donors (Lipinski definition) is 0. The van der Waals surface area contributed by atoms with Gasteiger partial charge in [-0.1, -0.05) is 0 Å². The van der Waals surface area contributed by atoms with Gasteiger partial charge in [0.2, 0.25) is 5.82 Å². The van der Waals surface area contributed by atoms with Crippen LogP contribution in [0.3, 0.4) is 0 Å². The minimum atomic E-state index is -0.0178. The molecule has 0 unspecified atom stereocenters. The minimum absolute atomic E-state index is 0.0178. The average Bonchev–Trinajstić information content (AvgIpc) is 2.92. The van der Waals surface area contributed by atoms with Gasteiger partial charge < -0.3 is 0 Å². The topological polar surface area (TPSA) is 25.8 Å². The van der Waals surface area contributed by atoms with Gasteiger partial charge in [0.15, 0.2) is 0 Å². The molecule has 0 fully saturated rings. The molecule has 0 N–H and O–H groups in total. The summed E-state index contributed by atoms with van der Waals surface area (Å²) in [7, 11) is 2.06. The number of fused-ring (bicyclic) bond motifs is 1. The standard InChI is InChI=1S/C13H17N4/c1-10-13(2,3)16-9-7-14-12(16)17(10)11-6-5-8-15(11)4/h5-9H,1-4H3/q+1. The van der Waals surface area contributed by atoms with Crippen molar-refractivity contribution in [3.05, 3.63) is 30.7 Å². The van der Waals surface area contributed by atoms with Crippen molar-refractivity contribution in [3.8, 4) is 0 Å². The molecule has 0 amide bonds. The van der Waals surface area contributed by atoms with Gasteiger partial charge in [0, 0.05) is 19.3 Å². The van der Waals surface area contributed by atoms with Gasteiger partial charge in [-0.15, -0.1) is 4.98 Å². The summed E-state index contributed by atoms with van der Waals surface area (Å²) in [5.74, 6) is 2.15. The van der Waals surface area contributed by atoms with Crippen LogP contribution in [0.4, 0.5) is 11.8 Å². The molecule has 2 aromatic heterocycles. The molecule has 3 rings (SSSR count). The summed E-state index contributed by atoms with van der Waals surface area (Å²) in [6.07, 6.45) is 5.96. The Hall–Kier alpha value is -1.84. The molecule has 0 bridgehead atoms. The first-order valence-electron chi connectivity index (χ1n) is 5.83. The normalized spacial score (nSPS) is 17.6. The molecule has 4 nitrogen and oxygen atoms in total. The van der Waals surface area contributed by atoms with E-state index < -0.39 is 0 Å². The number of aryl methyl sites for hydroxylation is 1. The number of aromatic nitrogens is 3. The second-order valence-corrected chi connectivity index (χ2v) is 5.05. The zero-order valence-electron chi connectivity index (χ0n) is 10.7. The maximum absolute atomic E-state index is 4.48. The van der Waals surface area contributed by atoms with Gasteiger partial charge in [0.25, 0.3) is 0 Å². The van der Waals surface area contributed by atoms with Crippen LogP contribution in [-0.2, 0) is 12.6 Å². The van der Waals surface area contributed by atoms with E-state index in [9.17, 15) is 0 Å². The van der Waals surface area contributed by atoms with E-state index in [4.69, 9.17) is 0 Å². The van der Waals surface area contributed by atoms with Crippen LogP contribution in [-0.4, -0.2) is 19.8 Å². The molecule has 1 aliphatic heterocycles. The van der Waals surface area contributed by atoms with Crippen molar-refractivity contribution in [2.75, 3.05) is 0 Å². The second-order valence-electron chi connectivity index (χ2n) is 5.05. The molecule has 88 valence electrons. The predicted octanol–water partition coefficient (Wildman–Crippen LogP) is 2.27. The molecule has 0 radical (unpaired) electrons. The molecule has 0 aliphatic carbocycles. The Morgan fingerprint density at radius 1 is 1.29 bits per heavy atom. The molecular weight excluding hydrogens is 212 g/mol. The van der Waals surface area contributed by atoms with E-state index in [0.717, 1.165) is 11.8 Å².